The molecule has 1 rings (SSSR count). The summed E-state index contributed by atoms with van der Waals surface area (Å²) in [7, 11) is 4.33. The lowest BCUT2D eigenvalue weighted by atomic mass is 10.1. The zero-order chi connectivity index (χ0) is 9.46. The van der Waals surface area contributed by atoms with E-state index in [1.807, 2.05) is 0 Å². The molecule has 0 bridgehead atoms. The number of hydrogen-bond acceptors (Lipinski definition) is 2. The summed E-state index contributed by atoms with van der Waals surface area (Å²) in [6, 6.07) is 0. The van der Waals surface area contributed by atoms with Crippen LogP contribution in [0.5, 0.6) is 0 Å². The first-order valence-corrected chi connectivity index (χ1v) is 4.63. The van der Waals surface area contributed by atoms with Crippen LogP contribution < -0.4 is 0 Å². The van der Waals surface area contributed by atoms with Gasteiger partial charge in [-0.05, 0) is 19.8 Å². The Morgan fingerprint density at radius 3 is 1.83 bits per heavy atom. The molecule has 0 N–H and O–H groups in total. The fourth-order valence-corrected chi connectivity index (χ4v) is 2.00. The van der Waals surface area contributed by atoms with Crippen molar-refractivity contribution in [3.05, 3.63) is 11.4 Å². The summed E-state index contributed by atoms with van der Waals surface area (Å²) in [5.41, 5.74) is 2.89. The summed E-state index contributed by atoms with van der Waals surface area (Å²) >= 11 is 0. The Morgan fingerprint density at radius 1 is 1.17 bits per heavy atom. The van der Waals surface area contributed by atoms with Crippen molar-refractivity contribution in [1.29, 1.82) is 0 Å². The molecule has 70 valence electrons. The molecule has 1 atom stereocenters. The maximum atomic E-state index is 2.36. The van der Waals surface area contributed by atoms with Gasteiger partial charge in [0.1, 0.15) is 0 Å². The molecule has 0 aromatic rings. The molecular formula is C10H20N2. The van der Waals surface area contributed by atoms with Gasteiger partial charge in [0, 0.05) is 25.5 Å². The van der Waals surface area contributed by atoms with Crippen molar-refractivity contribution in [3.8, 4) is 0 Å². The SMILES string of the molecule is CC1=C(C(C)C)N(C)C(C)N1C. The van der Waals surface area contributed by atoms with Gasteiger partial charge in [-0.25, -0.2) is 0 Å². The molecule has 1 unspecified atom stereocenters. The van der Waals surface area contributed by atoms with Crippen LogP contribution in [0.25, 0.3) is 0 Å². The molecule has 0 fully saturated rings. The van der Waals surface area contributed by atoms with Crippen LogP contribution >= 0.6 is 0 Å². The van der Waals surface area contributed by atoms with E-state index in [0.29, 0.717) is 12.1 Å². The van der Waals surface area contributed by atoms with E-state index in [9.17, 15) is 0 Å². The van der Waals surface area contributed by atoms with Crippen LogP contribution in [0.4, 0.5) is 0 Å². The Kier molecular flexibility index (Phi) is 2.36. The standard InChI is InChI=1S/C10H20N2/c1-7(2)10-8(3)11(5)9(4)12(10)6/h7,9H,1-6H3. The van der Waals surface area contributed by atoms with Crippen LogP contribution in [0.1, 0.15) is 27.7 Å². The predicted octanol–water partition coefficient (Wildman–Crippen LogP) is 2.10. The Morgan fingerprint density at radius 2 is 1.67 bits per heavy atom. The van der Waals surface area contributed by atoms with Crippen LogP contribution in [0.2, 0.25) is 0 Å². The van der Waals surface area contributed by atoms with Gasteiger partial charge in [0.15, 0.2) is 0 Å². The molecule has 1 aliphatic heterocycles. The maximum Gasteiger partial charge on any atom is 0.0976 e. The van der Waals surface area contributed by atoms with E-state index < -0.39 is 0 Å². The first kappa shape index (κ1) is 9.43. The van der Waals surface area contributed by atoms with Gasteiger partial charge >= 0.3 is 0 Å². The molecule has 0 spiro atoms. The van der Waals surface area contributed by atoms with Gasteiger partial charge in [-0.15, -0.1) is 0 Å². The van der Waals surface area contributed by atoms with Gasteiger partial charge in [0.05, 0.1) is 6.17 Å². The quantitative estimate of drug-likeness (QED) is 0.591. The van der Waals surface area contributed by atoms with E-state index in [1.165, 1.54) is 11.4 Å². The van der Waals surface area contributed by atoms with Gasteiger partial charge in [-0.2, -0.15) is 0 Å². The summed E-state index contributed by atoms with van der Waals surface area (Å²) in [6.07, 6.45) is 0.516. The van der Waals surface area contributed by atoms with Crippen molar-refractivity contribution in [1.82, 2.24) is 9.80 Å². The van der Waals surface area contributed by atoms with Crippen LogP contribution in [-0.4, -0.2) is 30.1 Å². The molecule has 0 amide bonds. The molecule has 0 aromatic heterocycles. The summed E-state index contributed by atoms with van der Waals surface area (Å²) in [4.78, 5) is 4.69. The van der Waals surface area contributed by atoms with Crippen molar-refractivity contribution in [2.75, 3.05) is 14.1 Å². The van der Waals surface area contributed by atoms with Crippen LogP contribution in [-0.2, 0) is 0 Å². The highest BCUT2D eigenvalue weighted by Gasteiger charge is 2.28. The van der Waals surface area contributed by atoms with Gasteiger partial charge in [0.2, 0.25) is 0 Å². The van der Waals surface area contributed by atoms with Gasteiger partial charge in [0.25, 0.3) is 0 Å². The Labute approximate surface area is 75.8 Å². The number of rotatable bonds is 1. The third-order valence-electron chi connectivity index (χ3n) is 2.95. The average Bonchev–Trinajstić information content (AvgIpc) is 2.16. The van der Waals surface area contributed by atoms with Crippen molar-refractivity contribution in [3.63, 3.8) is 0 Å². The minimum Gasteiger partial charge on any atom is -0.357 e. The second-order valence-electron chi connectivity index (χ2n) is 3.98. The lowest BCUT2D eigenvalue weighted by Crippen LogP contribution is -2.33. The summed E-state index contributed by atoms with van der Waals surface area (Å²) in [5.74, 6) is 0.627. The average molecular weight is 168 g/mol. The molecule has 0 saturated carbocycles. The fraction of sp³-hybridized carbons (Fsp3) is 0.800. The monoisotopic (exact) mass is 168 g/mol. The maximum absolute atomic E-state index is 2.36. The molecule has 2 heteroatoms. The van der Waals surface area contributed by atoms with E-state index in [-0.39, 0.29) is 0 Å². The molecule has 0 aliphatic carbocycles. The smallest absolute Gasteiger partial charge is 0.0976 e. The fourth-order valence-electron chi connectivity index (χ4n) is 2.00. The van der Waals surface area contributed by atoms with Gasteiger partial charge in [-0.1, -0.05) is 13.8 Å². The largest absolute Gasteiger partial charge is 0.357 e. The normalized spacial score (nSPS) is 24.8. The third-order valence-corrected chi connectivity index (χ3v) is 2.95. The highest BCUT2D eigenvalue weighted by atomic mass is 15.4. The zero-order valence-corrected chi connectivity index (χ0v) is 9.05. The Balaban J connectivity index is 2.96. The van der Waals surface area contributed by atoms with Crippen molar-refractivity contribution in [2.24, 2.45) is 5.92 Å². The van der Waals surface area contributed by atoms with E-state index in [4.69, 9.17) is 0 Å². The zero-order valence-electron chi connectivity index (χ0n) is 9.05. The molecule has 1 heterocycles. The topological polar surface area (TPSA) is 6.48 Å². The summed E-state index contributed by atoms with van der Waals surface area (Å²) in [5, 5.41) is 0. The molecule has 12 heavy (non-hydrogen) atoms. The highest BCUT2D eigenvalue weighted by molar-refractivity contribution is 5.18. The second kappa shape index (κ2) is 3.00. The molecule has 0 aromatic carbocycles. The second-order valence-corrected chi connectivity index (χ2v) is 3.98. The first-order chi connectivity index (χ1) is 5.46. The van der Waals surface area contributed by atoms with Gasteiger partial charge < -0.3 is 9.80 Å². The van der Waals surface area contributed by atoms with E-state index in [0.717, 1.165) is 0 Å². The molecule has 1 aliphatic rings. The predicted molar refractivity (Wildman–Crippen MR) is 52.5 cm³/mol. The van der Waals surface area contributed by atoms with E-state index in [1.54, 1.807) is 0 Å². The highest BCUT2D eigenvalue weighted by Crippen LogP contribution is 2.30. The molecule has 0 radical (unpaired) electrons. The van der Waals surface area contributed by atoms with Crippen molar-refractivity contribution in [2.45, 2.75) is 33.9 Å². The van der Waals surface area contributed by atoms with E-state index >= 15 is 0 Å². The Bertz CT molecular complexity index is 206. The minimum atomic E-state index is 0.516. The van der Waals surface area contributed by atoms with Crippen molar-refractivity contribution >= 4 is 0 Å². The molecular weight excluding hydrogens is 148 g/mol. The van der Waals surface area contributed by atoms with Gasteiger partial charge in [-0.3, -0.25) is 0 Å². The third kappa shape index (κ3) is 1.19. The minimum absolute atomic E-state index is 0.516. The van der Waals surface area contributed by atoms with Crippen molar-refractivity contribution < 1.29 is 0 Å². The lowest BCUT2D eigenvalue weighted by Gasteiger charge is -2.26. The number of hydrogen-bond donors (Lipinski definition) is 0. The van der Waals surface area contributed by atoms with Crippen LogP contribution in [0.3, 0.4) is 0 Å². The van der Waals surface area contributed by atoms with E-state index in [2.05, 4.69) is 51.6 Å². The number of nitrogens with zero attached hydrogens (tertiary/aromatic N) is 2. The molecule has 0 saturated heterocycles. The Hall–Kier alpha value is -0.660. The first-order valence-electron chi connectivity index (χ1n) is 4.63. The number of allylic oxidation sites excluding steroid dienone is 2. The lowest BCUT2D eigenvalue weighted by molar-refractivity contribution is 0.202. The summed E-state index contributed by atoms with van der Waals surface area (Å²) in [6.45, 7) is 8.94. The van der Waals surface area contributed by atoms with Crippen LogP contribution in [0.15, 0.2) is 11.4 Å². The molecule has 2 nitrogen and oxygen atoms in total. The summed E-state index contributed by atoms with van der Waals surface area (Å²) < 4.78 is 0. The van der Waals surface area contributed by atoms with Crippen LogP contribution in [0, 0.1) is 5.92 Å².